The van der Waals surface area contributed by atoms with Gasteiger partial charge in [-0.15, -0.1) is 0 Å². The van der Waals surface area contributed by atoms with Gasteiger partial charge in [0.15, 0.2) is 5.82 Å². The van der Waals surface area contributed by atoms with Gasteiger partial charge in [0.05, 0.1) is 35.8 Å². The Morgan fingerprint density at radius 1 is 1.27 bits per heavy atom. The number of carbonyl (C=O) groups is 1. The number of nitrogens with zero attached hydrogens (tertiary/aromatic N) is 4. The second-order valence-corrected chi connectivity index (χ2v) is 5.70. The second kappa shape index (κ2) is 6.66. The average molecular weight is 364 g/mol. The first-order valence-corrected chi connectivity index (χ1v) is 7.63. The van der Waals surface area contributed by atoms with E-state index in [1.165, 1.54) is 28.1 Å². The Morgan fingerprint density at radius 3 is 2.62 bits per heavy atom. The predicted octanol–water partition coefficient (Wildman–Crippen LogP) is 3.46. The zero-order valence-electron chi connectivity index (χ0n) is 14.0. The van der Waals surface area contributed by atoms with E-state index >= 15 is 0 Å². The molecule has 3 heterocycles. The van der Waals surface area contributed by atoms with Gasteiger partial charge in [-0.1, -0.05) is 0 Å². The maximum absolute atomic E-state index is 12.6. The van der Waals surface area contributed by atoms with Gasteiger partial charge >= 0.3 is 6.18 Å². The summed E-state index contributed by atoms with van der Waals surface area (Å²) in [6, 6.07) is 5.62. The van der Waals surface area contributed by atoms with Crippen LogP contribution in [-0.4, -0.2) is 32.6 Å². The number of halogens is 3. The molecule has 3 rings (SSSR count). The van der Waals surface area contributed by atoms with E-state index in [1.807, 2.05) is 0 Å². The van der Waals surface area contributed by atoms with Gasteiger partial charge in [-0.3, -0.25) is 4.79 Å². The number of rotatable bonds is 4. The van der Waals surface area contributed by atoms with Gasteiger partial charge in [0.1, 0.15) is 5.76 Å². The molecule has 136 valence electrons. The van der Waals surface area contributed by atoms with Crippen molar-refractivity contribution in [2.45, 2.75) is 19.6 Å². The van der Waals surface area contributed by atoms with Crippen molar-refractivity contribution in [3.8, 4) is 5.82 Å². The van der Waals surface area contributed by atoms with E-state index < -0.39 is 11.7 Å². The van der Waals surface area contributed by atoms with Crippen molar-refractivity contribution < 1.29 is 22.4 Å². The van der Waals surface area contributed by atoms with Crippen LogP contribution in [0.1, 0.15) is 27.4 Å². The first kappa shape index (κ1) is 17.7. The van der Waals surface area contributed by atoms with Gasteiger partial charge in [-0.05, 0) is 31.2 Å². The summed E-state index contributed by atoms with van der Waals surface area (Å²) >= 11 is 0. The smallest absolute Gasteiger partial charge is 0.417 e. The van der Waals surface area contributed by atoms with Crippen molar-refractivity contribution in [3.63, 3.8) is 0 Å². The molecule has 0 aliphatic heterocycles. The van der Waals surface area contributed by atoms with Crippen LogP contribution in [0.5, 0.6) is 0 Å². The molecule has 0 bridgehead atoms. The molecule has 6 nitrogen and oxygen atoms in total. The highest BCUT2D eigenvalue weighted by atomic mass is 19.4. The molecule has 0 spiro atoms. The molecule has 3 aromatic rings. The van der Waals surface area contributed by atoms with Crippen molar-refractivity contribution in [2.75, 3.05) is 7.05 Å². The fourth-order valence-electron chi connectivity index (χ4n) is 2.44. The third-order valence-corrected chi connectivity index (χ3v) is 3.85. The summed E-state index contributed by atoms with van der Waals surface area (Å²) in [6.07, 6.45) is -0.829. The molecule has 0 aliphatic rings. The SMILES string of the molecule is Cc1c(C(=O)N(C)Cc2ccco2)cnn1-c1ccc(C(F)(F)F)cn1. The van der Waals surface area contributed by atoms with Gasteiger partial charge in [0, 0.05) is 13.2 Å². The molecule has 0 radical (unpaired) electrons. The van der Waals surface area contributed by atoms with E-state index in [0.717, 1.165) is 12.3 Å². The van der Waals surface area contributed by atoms with Crippen LogP contribution >= 0.6 is 0 Å². The molecule has 0 aliphatic carbocycles. The number of hydrogen-bond acceptors (Lipinski definition) is 4. The predicted molar refractivity (Wildman–Crippen MR) is 85.6 cm³/mol. The van der Waals surface area contributed by atoms with Crippen LogP contribution in [0.15, 0.2) is 47.3 Å². The van der Waals surface area contributed by atoms with E-state index in [0.29, 0.717) is 17.0 Å². The lowest BCUT2D eigenvalue weighted by Gasteiger charge is -2.15. The molecule has 26 heavy (non-hydrogen) atoms. The number of carbonyl (C=O) groups excluding carboxylic acids is 1. The standard InChI is InChI=1S/C17H15F3N4O2/c1-11-14(16(25)23(2)10-13-4-3-7-26-13)9-22-24(11)15-6-5-12(8-21-15)17(18,19)20/h3-9H,10H2,1-2H3. The van der Waals surface area contributed by atoms with Crippen LogP contribution in [0.3, 0.4) is 0 Å². The lowest BCUT2D eigenvalue weighted by molar-refractivity contribution is -0.137. The number of hydrogen-bond donors (Lipinski definition) is 0. The van der Waals surface area contributed by atoms with Crippen molar-refractivity contribution in [3.05, 3.63) is 65.5 Å². The third-order valence-electron chi connectivity index (χ3n) is 3.85. The van der Waals surface area contributed by atoms with Gasteiger partial charge in [-0.2, -0.15) is 18.3 Å². The molecule has 0 saturated heterocycles. The number of amides is 1. The summed E-state index contributed by atoms with van der Waals surface area (Å²) in [5, 5.41) is 4.08. The quantitative estimate of drug-likeness (QED) is 0.711. The monoisotopic (exact) mass is 364 g/mol. The molecular weight excluding hydrogens is 349 g/mol. The summed E-state index contributed by atoms with van der Waals surface area (Å²) in [4.78, 5) is 17.8. The number of furan rings is 1. The van der Waals surface area contributed by atoms with Crippen LogP contribution in [0.25, 0.3) is 5.82 Å². The summed E-state index contributed by atoms with van der Waals surface area (Å²) in [5.41, 5.74) is -0.0325. The lowest BCUT2D eigenvalue weighted by Crippen LogP contribution is -2.26. The second-order valence-electron chi connectivity index (χ2n) is 5.70. The minimum Gasteiger partial charge on any atom is -0.467 e. The van der Waals surface area contributed by atoms with E-state index in [1.54, 1.807) is 26.1 Å². The maximum atomic E-state index is 12.6. The van der Waals surface area contributed by atoms with E-state index in [2.05, 4.69) is 10.1 Å². The Labute approximate surface area is 146 Å². The van der Waals surface area contributed by atoms with Crippen LogP contribution in [0.2, 0.25) is 0 Å². The van der Waals surface area contributed by atoms with E-state index in [-0.39, 0.29) is 18.3 Å². The molecular formula is C17H15F3N4O2. The van der Waals surface area contributed by atoms with E-state index in [9.17, 15) is 18.0 Å². The van der Waals surface area contributed by atoms with Crippen molar-refractivity contribution in [2.24, 2.45) is 0 Å². The van der Waals surface area contributed by atoms with Crippen molar-refractivity contribution >= 4 is 5.91 Å². The van der Waals surface area contributed by atoms with E-state index in [4.69, 9.17) is 4.42 Å². The summed E-state index contributed by atoms with van der Waals surface area (Å²) in [7, 11) is 1.62. The zero-order chi connectivity index (χ0) is 18.9. The lowest BCUT2D eigenvalue weighted by atomic mass is 10.2. The Kier molecular flexibility index (Phi) is 4.54. The van der Waals surface area contributed by atoms with Crippen molar-refractivity contribution in [1.29, 1.82) is 0 Å². The zero-order valence-corrected chi connectivity index (χ0v) is 14.0. The molecule has 9 heteroatoms. The number of pyridine rings is 1. The highest BCUT2D eigenvalue weighted by molar-refractivity contribution is 5.95. The first-order valence-electron chi connectivity index (χ1n) is 7.63. The van der Waals surface area contributed by atoms with Gasteiger partial charge in [0.25, 0.3) is 5.91 Å². The Hall–Kier alpha value is -3.10. The van der Waals surface area contributed by atoms with Gasteiger partial charge in [0.2, 0.25) is 0 Å². The Balaban J connectivity index is 1.82. The van der Waals surface area contributed by atoms with Crippen LogP contribution < -0.4 is 0 Å². The molecule has 1 amide bonds. The summed E-state index contributed by atoms with van der Waals surface area (Å²) in [6.45, 7) is 1.94. The molecule has 0 N–H and O–H groups in total. The van der Waals surface area contributed by atoms with Crippen LogP contribution in [0.4, 0.5) is 13.2 Å². The fraction of sp³-hybridized carbons (Fsp3) is 0.235. The topological polar surface area (TPSA) is 64.2 Å². The first-order chi connectivity index (χ1) is 12.3. The van der Waals surface area contributed by atoms with Crippen molar-refractivity contribution in [1.82, 2.24) is 19.7 Å². The largest absolute Gasteiger partial charge is 0.467 e. The minimum absolute atomic E-state index is 0.197. The average Bonchev–Trinajstić information content (AvgIpc) is 3.23. The molecule has 0 unspecified atom stereocenters. The molecule has 0 aromatic carbocycles. The van der Waals surface area contributed by atoms with Crippen LogP contribution in [0, 0.1) is 6.92 Å². The molecule has 0 fully saturated rings. The summed E-state index contributed by atoms with van der Waals surface area (Å²) < 4.78 is 44.5. The highest BCUT2D eigenvalue weighted by Gasteiger charge is 2.31. The number of aromatic nitrogens is 3. The van der Waals surface area contributed by atoms with Crippen LogP contribution in [-0.2, 0) is 12.7 Å². The maximum Gasteiger partial charge on any atom is 0.417 e. The normalized spacial score (nSPS) is 11.6. The molecule has 0 saturated carbocycles. The molecule has 3 aromatic heterocycles. The number of alkyl halides is 3. The fourth-order valence-corrected chi connectivity index (χ4v) is 2.44. The highest BCUT2D eigenvalue weighted by Crippen LogP contribution is 2.28. The Morgan fingerprint density at radius 2 is 2.04 bits per heavy atom. The Bertz CT molecular complexity index is 899. The third kappa shape index (κ3) is 3.46. The molecule has 0 atom stereocenters. The minimum atomic E-state index is -4.46. The van der Waals surface area contributed by atoms with Gasteiger partial charge in [-0.25, -0.2) is 9.67 Å². The van der Waals surface area contributed by atoms with Gasteiger partial charge < -0.3 is 9.32 Å². The summed E-state index contributed by atoms with van der Waals surface area (Å²) in [5.74, 6) is 0.551.